The summed E-state index contributed by atoms with van der Waals surface area (Å²) in [5.74, 6) is 1.12. The molecule has 1 aliphatic heterocycles. The first-order valence-electron chi connectivity index (χ1n) is 8.18. The second-order valence-electron chi connectivity index (χ2n) is 6.30. The molecule has 1 aliphatic rings. The van der Waals surface area contributed by atoms with Gasteiger partial charge in [0.05, 0.1) is 5.69 Å². The zero-order chi connectivity index (χ0) is 16.2. The molecule has 0 aliphatic carbocycles. The molecule has 130 valence electrons. The van der Waals surface area contributed by atoms with Crippen molar-refractivity contribution in [3.63, 3.8) is 0 Å². The summed E-state index contributed by atoms with van der Waals surface area (Å²) in [7, 11) is 0. The van der Waals surface area contributed by atoms with Crippen LogP contribution < -0.4 is 5.32 Å². The number of rotatable bonds is 4. The van der Waals surface area contributed by atoms with E-state index in [4.69, 9.17) is 16.6 Å². The maximum absolute atomic E-state index is 6.09. The van der Waals surface area contributed by atoms with Crippen LogP contribution in [0.2, 0.25) is 5.02 Å². The van der Waals surface area contributed by atoms with E-state index in [1.807, 2.05) is 30.5 Å². The van der Waals surface area contributed by atoms with Crippen molar-refractivity contribution in [3.8, 4) is 11.4 Å². The van der Waals surface area contributed by atoms with E-state index in [2.05, 4.69) is 29.0 Å². The summed E-state index contributed by atoms with van der Waals surface area (Å²) in [6.07, 6.45) is 1.99. The van der Waals surface area contributed by atoms with Crippen LogP contribution >= 0.6 is 24.0 Å². The third kappa shape index (κ3) is 4.67. The first-order chi connectivity index (χ1) is 11.1. The van der Waals surface area contributed by atoms with Crippen LogP contribution in [0, 0.1) is 0 Å². The number of nitrogens with zero attached hydrogens (tertiary/aromatic N) is 3. The minimum Gasteiger partial charge on any atom is -0.314 e. The fourth-order valence-electron chi connectivity index (χ4n) is 2.92. The zero-order valence-electron chi connectivity index (χ0n) is 14.1. The van der Waals surface area contributed by atoms with Crippen molar-refractivity contribution in [2.24, 2.45) is 0 Å². The Bertz CT molecular complexity index is 670. The fraction of sp³-hybridized carbons (Fsp3) is 0.444. The highest BCUT2D eigenvalue weighted by molar-refractivity contribution is 6.30. The number of benzene rings is 1. The molecule has 3 rings (SSSR count). The maximum atomic E-state index is 6.09. The first kappa shape index (κ1) is 19.1. The molecule has 2 heterocycles. The molecule has 24 heavy (non-hydrogen) atoms. The lowest BCUT2D eigenvalue weighted by Crippen LogP contribution is -2.43. The van der Waals surface area contributed by atoms with Gasteiger partial charge in [0, 0.05) is 55.1 Å². The minimum atomic E-state index is 0. The predicted octanol–water partition coefficient (Wildman–Crippen LogP) is 3.75. The van der Waals surface area contributed by atoms with E-state index in [9.17, 15) is 0 Å². The molecule has 1 aromatic heterocycles. The SMILES string of the molecule is CC(C)c1nc(-c2cccc(Cl)c2)ncc1CN1CCNCC1.Cl. The van der Waals surface area contributed by atoms with E-state index >= 15 is 0 Å². The Morgan fingerprint density at radius 3 is 2.67 bits per heavy atom. The van der Waals surface area contributed by atoms with E-state index in [1.165, 1.54) is 5.56 Å². The van der Waals surface area contributed by atoms with Gasteiger partial charge < -0.3 is 5.32 Å². The second-order valence-corrected chi connectivity index (χ2v) is 6.73. The molecule has 2 aromatic rings. The molecular weight excluding hydrogens is 343 g/mol. The number of nitrogens with one attached hydrogen (secondary N) is 1. The van der Waals surface area contributed by atoms with Crippen LogP contribution in [0.3, 0.4) is 0 Å². The van der Waals surface area contributed by atoms with Gasteiger partial charge in [0.25, 0.3) is 0 Å². The van der Waals surface area contributed by atoms with Crippen molar-refractivity contribution in [2.75, 3.05) is 26.2 Å². The Labute approximate surface area is 155 Å². The van der Waals surface area contributed by atoms with E-state index in [1.54, 1.807) is 0 Å². The largest absolute Gasteiger partial charge is 0.314 e. The molecule has 0 spiro atoms. The van der Waals surface area contributed by atoms with Gasteiger partial charge in [0.2, 0.25) is 0 Å². The monoisotopic (exact) mass is 366 g/mol. The third-order valence-corrected chi connectivity index (χ3v) is 4.37. The Balaban J connectivity index is 0.00000208. The van der Waals surface area contributed by atoms with Crippen molar-refractivity contribution < 1.29 is 0 Å². The predicted molar refractivity (Wildman–Crippen MR) is 102 cm³/mol. The van der Waals surface area contributed by atoms with Crippen molar-refractivity contribution in [2.45, 2.75) is 26.3 Å². The van der Waals surface area contributed by atoms with Crippen LogP contribution in [0.5, 0.6) is 0 Å². The van der Waals surface area contributed by atoms with E-state index in [0.717, 1.165) is 49.8 Å². The van der Waals surface area contributed by atoms with Gasteiger partial charge in [-0.05, 0) is 18.1 Å². The zero-order valence-corrected chi connectivity index (χ0v) is 15.7. The Morgan fingerprint density at radius 1 is 1.25 bits per heavy atom. The standard InChI is InChI=1S/C18H23ClN4.ClH/c1-13(2)17-15(12-23-8-6-20-7-9-23)11-21-18(22-17)14-4-3-5-16(19)10-14;/h3-5,10-11,13,20H,6-9,12H2,1-2H3;1H. The molecule has 6 heteroatoms. The second kappa shape index (κ2) is 8.77. The lowest BCUT2D eigenvalue weighted by Gasteiger charge is -2.28. The Morgan fingerprint density at radius 2 is 2.00 bits per heavy atom. The lowest BCUT2D eigenvalue weighted by atomic mass is 10.0. The van der Waals surface area contributed by atoms with E-state index < -0.39 is 0 Å². The van der Waals surface area contributed by atoms with Gasteiger partial charge in [-0.2, -0.15) is 0 Å². The summed E-state index contributed by atoms with van der Waals surface area (Å²) in [4.78, 5) is 11.9. The highest BCUT2D eigenvalue weighted by Crippen LogP contribution is 2.24. The molecule has 0 unspecified atom stereocenters. The molecular formula is C18H24Cl2N4. The third-order valence-electron chi connectivity index (χ3n) is 4.13. The fourth-order valence-corrected chi connectivity index (χ4v) is 3.11. The number of hydrogen-bond donors (Lipinski definition) is 1. The molecule has 0 saturated carbocycles. The molecule has 4 nitrogen and oxygen atoms in total. The van der Waals surface area contributed by atoms with Crippen LogP contribution in [-0.4, -0.2) is 41.0 Å². The summed E-state index contributed by atoms with van der Waals surface area (Å²) in [6, 6.07) is 7.72. The summed E-state index contributed by atoms with van der Waals surface area (Å²) >= 11 is 6.09. The van der Waals surface area contributed by atoms with Gasteiger partial charge in [0.15, 0.2) is 5.82 Å². The number of hydrogen-bond acceptors (Lipinski definition) is 4. The van der Waals surface area contributed by atoms with Crippen molar-refractivity contribution in [1.29, 1.82) is 0 Å². The average Bonchev–Trinajstić information content (AvgIpc) is 2.56. The molecule has 0 radical (unpaired) electrons. The van der Waals surface area contributed by atoms with Crippen molar-refractivity contribution in [1.82, 2.24) is 20.2 Å². The van der Waals surface area contributed by atoms with E-state index in [0.29, 0.717) is 10.9 Å². The summed E-state index contributed by atoms with van der Waals surface area (Å²) < 4.78 is 0. The summed E-state index contributed by atoms with van der Waals surface area (Å²) in [5, 5.41) is 4.10. The van der Waals surface area contributed by atoms with Gasteiger partial charge in [-0.1, -0.05) is 37.6 Å². The first-order valence-corrected chi connectivity index (χ1v) is 8.56. The number of halogens is 2. The topological polar surface area (TPSA) is 41.1 Å². The highest BCUT2D eigenvalue weighted by atomic mass is 35.5. The van der Waals surface area contributed by atoms with Crippen LogP contribution in [0.4, 0.5) is 0 Å². The Hall–Kier alpha value is -1.20. The van der Waals surface area contributed by atoms with Crippen molar-refractivity contribution in [3.05, 3.63) is 46.7 Å². The van der Waals surface area contributed by atoms with E-state index in [-0.39, 0.29) is 12.4 Å². The number of piperazine rings is 1. The minimum absolute atomic E-state index is 0. The molecule has 1 saturated heterocycles. The molecule has 1 N–H and O–H groups in total. The van der Waals surface area contributed by atoms with Gasteiger partial charge in [-0.15, -0.1) is 12.4 Å². The maximum Gasteiger partial charge on any atom is 0.159 e. The van der Waals surface area contributed by atoms with Crippen LogP contribution in [-0.2, 0) is 6.54 Å². The smallest absolute Gasteiger partial charge is 0.159 e. The normalized spacial score (nSPS) is 15.3. The van der Waals surface area contributed by atoms with Gasteiger partial charge in [-0.3, -0.25) is 4.90 Å². The highest BCUT2D eigenvalue weighted by Gasteiger charge is 2.16. The summed E-state index contributed by atoms with van der Waals surface area (Å²) in [5.41, 5.74) is 3.33. The van der Waals surface area contributed by atoms with Gasteiger partial charge in [0.1, 0.15) is 0 Å². The number of aromatic nitrogens is 2. The molecule has 1 fully saturated rings. The van der Waals surface area contributed by atoms with Crippen LogP contribution in [0.15, 0.2) is 30.5 Å². The quantitative estimate of drug-likeness (QED) is 0.894. The molecule has 1 aromatic carbocycles. The van der Waals surface area contributed by atoms with Gasteiger partial charge in [-0.25, -0.2) is 9.97 Å². The summed E-state index contributed by atoms with van der Waals surface area (Å²) in [6.45, 7) is 9.56. The molecule has 0 atom stereocenters. The van der Waals surface area contributed by atoms with Crippen LogP contribution in [0.1, 0.15) is 31.0 Å². The van der Waals surface area contributed by atoms with Crippen LogP contribution in [0.25, 0.3) is 11.4 Å². The van der Waals surface area contributed by atoms with Crippen molar-refractivity contribution >= 4 is 24.0 Å². The van der Waals surface area contributed by atoms with Gasteiger partial charge >= 0.3 is 0 Å². The molecule has 0 amide bonds. The molecule has 0 bridgehead atoms. The lowest BCUT2D eigenvalue weighted by molar-refractivity contribution is 0.232. The Kier molecular flexibility index (Phi) is 6.99. The average molecular weight is 367 g/mol.